The van der Waals surface area contributed by atoms with Crippen LogP contribution in [0.2, 0.25) is 36.3 Å². The number of benzene rings is 3. The first-order valence-corrected chi connectivity index (χ1v) is 23.7. The maximum Gasteiger partial charge on any atom is 0.250 e. The van der Waals surface area contributed by atoms with E-state index in [1.54, 1.807) is 0 Å². The van der Waals surface area contributed by atoms with Gasteiger partial charge in [-0.2, -0.15) is 0 Å². The fraction of sp³-hybridized carbons (Fsp3) is 0.550. The Balaban J connectivity index is 1.37. The number of likely N-dealkylation sites (tertiary alicyclic amines) is 1. The van der Waals surface area contributed by atoms with Gasteiger partial charge in [-0.05, 0) is 128 Å². The van der Waals surface area contributed by atoms with Crippen LogP contribution in [-0.2, 0) is 10.8 Å². The minimum atomic E-state index is -2.00. The fourth-order valence-electron chi connectivity index (χ4n) is 6.06. The number of fused-ring (bicyclic) bond motifs is 1. The van der Waals surface area contributed by atoms with E-state index < -0.39 is 16.6 Å². The summed E-state index contributed by atoms with van der Waals surface area (Å²) in [6.45, 7) is 27.3. The zero-order valence-corrected chi connectivity index (χ0v) is 32.9. The van der Waals surface area contributed by atoms with Crippen LogP contribution in [-0.4, -0.2) is 47.8 Å². The molecule has 3 aromatic rings. The zero-order chi connectivity index (χ0) is 34.0. The lowest BCUT2D eigenvalue weighted by atomic mass is 9.98. The molecule has 1 fully saturated rings. The van der Waals surface area contributed by atoms with Crippen molar-refractivity contribution >= 4 is 28.0 Å². The molecule has 3 aromatic carbocycles. The van der Waals surface area contributed by atoms with Crippen molar-refractivity contribution in [2.75, 3.05) is 31.6 Å². The van der Waals surface area contributed by atoms with Crippen molar-refractivity contribution in [3.8, 4) is 22.6 Å². The molecule has 0 aromatic heterocycles. The molecule has 7 heteroatoms. The summed E-state index contributed by atoms with van der Waals surface area (Å²) in [5, 5.41) is 4.06. The maximum absolute atomic E-state index is 6.89. The van der Waals surface area contributed by atoms with Crippen LogP contribution in [0.3, 0.4) is 0 Å². The number of ether oxygens (including phenoxy) is 1. The molecule has 1 heterocycles. The highest BCUT2D eigenvalue weighted by Gasteiger charge is 2.41. The first-order chi connectivity index (χ1) is 22.0. The van der Waals surface area contributed by atoms with Crippen LogP contribution in [0.4, 0.5) is 11.4 Å². The third-order valence-electron chi connectivity index (χ3n) is 11.1. The van der Waals surface area contributed by atoms with Gasteiger partial charge in [0.15, 0.2) is 8.32 Å². The van der Waals surface area contributed by atoms with Gasteiger partial charge in [0, 0.05) is 23.9 Å². The summed E-state index contributed by atoms with van der Waals surface area (Å²) in [6, 6.07) is 21.9. The molecule has 0 saturated carbocycles. The molecular formula is C40H60N2O3Si2. The van der Waals surface area contributed by atoms with Crippen LogP contribution in [0.25, 0.3) is 11.1 Å². The van der Waals surface area contributed by atoms with Crippen LogP contribution in [0.15, 0.2) is 60.7 Å². The number of nitrogens with one attached hydrogen (secondary N) is 1. The molecule has 0 radical (unpaired) electrons. The van der Waals surface area contributed by atoms with E-state index in [0.717, 1.165) is 48.9 Å². The summed E-state index contributed by atoms with van der Waals surface area (Å²) >= 11 is 0. The number of piperidine rings is 1. The molecule has 5 nitrogen and oxygen atoms in total. The second-order valence-electron chi connectivity index (χ2n) is 16.8. The second kappa shape index (κ2) is 14.1. The molecule has 2 aliphatic rings. The molecule has 0 spiro atoms. The van der Waals surface area contributed by atoms with Crippen LogP contribution >= 0.6 is 0 Å². The Morgan fingerprint density at radius 3 is 2.09 bits per heavy atom. The number of nitrogens with zero attached hydrogens (tertiary/aromatic N) is 1. The monoisotopic (exact) mass is 672 g/mol. The summed E-state index contributed by atoms with van der Waals surface area (Å²) in [7, 11) is -3.86. The van der Waals surface area contributed by atoms with Crippen LogP contribution in [0, 0.1) is 0 Å². The van der Waals surface area contributed by atoms with E-state index in [0.29, 0.717) is 0 Å². The molecule has 0 amide bonds. The van der Waals surface area contributed by atoms with Gasteiger partial charge in [0.25, 0.3) is 0 Å². The van der Waals surface area contributed by atoms with Crippen molar-refractivity contribution in [2.24, 2.45) is 0 Å². The summed E-state index contributed by atoms with van der Waals surface area (Å²) in [6.07, 6.45) is 6.28. The van der Waals surface area contributed by atoms with Crippen molar-refractivity contribution in [1.29, 1.82) is 0 Å². The molecule has 47 heavy (non-hydrogen) atoms. The normalized spacial score (nSPS) is 17.8. The summed E-state index contributed by atoms with van der Waals surface area (Å²) in [4.78, 5) is 2.51. The highest BCUT2D eigenvalue weighted by Crippen LogP contribution is 2.45. The van der Waals surface area contributed by atoms with Crippen molar-refractivity contribution in [2.45, 2.75) is 116 Å². The molecule has 0 bridgehead atoms. The lowest BCUT2D eigenvalue weighted by molar-refractivity contribution is 0.183. The van der Waals surface area contributed by atoms with Gasteiger partial charge >= 0.3 is 0 Å². The molecule has 1 aliphatic heterocycles. The Kier molecular flexibility index (Phi) is 10.7. The smallest absolute Gasteiger partial charge is 0.250 e. The standard InChI is InChI=1S/C40H60N2O3Si2/c1-39(2,3)46(7,8)44-34-20-22-35(30-14-21-36-31(28-30)15-23-38(36)45-47(9,10)40(4,5)6)37(29-34)41-32-16-18-33(19-17-32)43-27-26-42-24-12-11-13-25-42/h14,16-22,28-29,38,41H,11-13,15,23-27H2,1-10H3. The Labute approximate surface area is 287 Å². The van der Waals surface area contributed by atoms with E-state index in [-0.39, 0.29) is 16.2 Å². The van der Waals surface area contributed by atoms with Gasteiger partial charge < -0.3 is 18.9 Å². The summed E-state index contributed by atoms with van der Waals surface area (Å²) in [5.74, 6) is 1.83. The molecular weight excluding hydrogens is 613 g/mol. The van der Waals surface area contributed by atoms with Gasteiger partial charge in [0.05, 0.1) is 11.8 Å². The molecule has 1 N–H and O–H groups in total. The predicted octanol–water partition coefficient (Wildman–Crippen LogP) is 11.4. The van der Waals surface area contributed by atoms with Crippen LogP contribution in [0.5, 0.6) is 11.5 Å². The quantitative estimate of drug-likeness (QED) is 0.205. The SMILES string of the molecule is CC(C)(C)[Si](C)(C)Oc1ccc(-c2ccc3c(c2)CCC3O[Si](C)(C)C(C)(C)C)c(Nc2ccc(OCCN3CCCCC3)cc2)c1. The predicted molar refractivity (Wildman–Crippen MR) is 205 cm³/mol. The van der Waals surface area contributed by atoms with E-state index in [4.69, 9.17) is 13.6 Å². The van der Waals surface area contributed by atoms with Gasteiger partial charge in [-0.1, -0.05) is 66.2 Å². The van der Waals surface area contributed by atoms with E-state index >= 15 is 0 Å². The molecule has 256 valence electrons. The van der Waals surface area contributed by atoms with Gasteiger partial charge in [-0.3, -0.25) is 4.90 Å². The third kappa shape index (κ3) is 8.72. The molecule has 5 rings (SSSR count). The van der Waals surface area contributed by atoms with E-state index in [9.17, 15) is 0 Å². The minimum absolute atomic E-state index is 0.117. The highest BCUT2D eigenvalue weighted by molar-refractivity contribution is 6.75. The summed E-state index contributed by atoms with van der Waals surface area (Å²) < 4.78 is 19.8. The van der Waals surface area contributed by atoms with Crippen molar-refractivity contribution in [3.63, 3.8) is 0 Å². The van der Waals surface area contributed by atoms with Crippen molar-refractivity contribution < 1.29 is 13.6 Å². The van der Waals surface area contributed by atoms with Gasteiger partial charge in [-0.25, -0.2) is 0 Å². The van der Waals surface area contributed by atoms with Crippen molar-refractivity contribution in [1.82, 2.24) is 4.90 Å². The maximum atomic E-state index is 6.89. The van der Waals surface area contributed by atoms with Crippen molar-refractivity contribution in [3.05, 3.63) is 71.8 Å². The number of hydrogen-bond donors (Lipinski definition) is 1. The topological polar surface area (TPSA) is 43.0 Å². The average molecular weight is 673 g/mol. The van der Waals surface area contributed by atoms with Crippen LogP contribution < -0.4 is 14.5 Å². The van der Waals surface area contributed by atoms with E-state index in [1.165, 1.54) is 54.6 Å². The Bertz CT molecular complexity index is 1500. The van der Waals surface area contributed by atoms with E-state index in [1.807, 2.05) is 0 Å². The summed E-state index contributed by atoms with van der Waals surface area (Å²) in [5.41, 5.74) is 7.24. The number of anilines is 2. The lowest BCUT2D eigenvalue weighted by Gasteiger charge is -2.38. The van der Waals surface area contributed by atoms with Gasteiger partial charge in [-0.15, -0.1) is 0 Å². The minimum Gasteiger partial charge on any atom is -0.543 e. The Morgan fingerprint density at radius 2 is 1.43 bits per heavy atom. The molecule has 1 aliphatic carbocycles. The number of hydrogen-bond acceptors (Lipinski definition) is 5. The molecule has 1 unspecified atom stereocenters. The number of aryl methyl sites for hydroxylation is 1. The highest BCUT2D eigenvalue weighted by atomic mass is 28.4. The first kappa shape index (κ1) is 35.7. The Morgan fingerprint density at radius 1 is 0.766 bits per heavy atom. The third-order valence-corrected chi connectivity index (χ3v) is 20.0. The van der Waals surface area contributed by atoms with Crippen LogP contribution in [0.1, 0.15) is 84.5 Å². The molecule has 1 atom stereocenters. The lowest BCUT2D eigenvalue weighted by Crippen LogP contribution is -2.43. The Hall–Kier alpha value is -2.59. The second-order valence-corrected chi connectivity index (χ2v) is 26.3. The fourth-order valence-corrected chi connectivity index (χ4v) is 8.39. The number of rotatable bonds is 11. The van der Waals surface area contributed by atoms with E-state index in [2.05, 4.69) is 139 Å². The first-order valence-electron chi connectivity index (χ1n) is 17.9. The zero-order valence-electron chi connectivity index (χ0n) is 30.9. The van der Waals surface area contributed by atoms with Gasteiger partial charge in [0.2, 0.25) is 8.32 Å². The molecule has 1 saturated heterocycles. The largest absolute Gasteiger partial charge is 0.543 e. The average Bonchev–Trinajstić information content (AvgIpc) is 3.38. The van der Waals surface area contributed by atoms with Gasteiger partial charge in [0.1, 0.15) is 18.1 Å².